The highest BCUT2D eigenvalue weighted by Gasteiger charge is 2.12. The molecule has 0 saturated heterocycles. The number of carbonyl (C=O) groups is 1. The van der Waals surface area contributed by atoms with Gasteiger partial charge in [-0.1, -0.05) is 6.07 Å². The third-order valence-electron chi connectivity index (χ3n) is 4.00. The monoisotopic (exact) mass is 437 g/mol. The number of aryl methyl sites for hydroxylation is 1. The molecule has 1 amide bonds. The Hall–Kier alpha value is -1.47. The van der Waals surface area contributed by atoms with E-state index in [1.807, 2.05) is 49.8 Å². The number of halogens is 1. The van der Waals surface area contributed by atoms with Crippen molar-refractivity contribution in [2.24, 2.45) is 0 Å². The van der Waals surface area contributed by atoms with E-state index >= 15 is 0 Å². The van der Waals surface area contributed by atoms with Crippen LogP contribution in [0.25, 0.3) is 0 Å². The van der Waals surface area contributed by atoms with Crippen molar-refractivity contribution in [3.8, 4) is 0 Å². The summed E-state index contributed by atoms with van der Waals surface area (Å²) >= 11 is 2.27. The Bertz CT molecular complexity index is 676. The lowest BCUT2D eigenvalue weighted by molar-refractivity contribution is 0.0789. The molecular weight excluding hydrogens is 413 g/mol. The van der Waals surface area contributed by atoms with E-state index in [0.29, 0.717) is 0 Å². The Labute approximate surface area is 158 Å². The molecule has 0 aliphatic rings. The Balaban J connectivity index is 1.78. The van der Waals surface area contributed by atoms with Crippen molar-refractivity contribution in [2.45, 2.75) is 19.9 Å². The third-order valence-corrected chi connectivity index (χ3v) is 5.16. The minimum atomic E-state index is 0.0877. The standard InChI is InChI=1S/C19H24IN3O/c1-15-5-6-17(13-18(15)20)19(24)23(3)12-4-11-22(2)14-16-7-9-21-10-8-16/h5-10,13H,4,11-12,14H2,1-3H3. The first-order valence-corrected chi connectivity index (χ1v) is 9.14. The van der Waals surface area contributed by atoms with Gasteiger partial charge in [0.2, 0.25) is 0 Å². The first kappa shape index (κ1) is 18.9. The van der Waals surface area contributed by atoms with Gasteiger partial charge in [0.25, 0.3) is 5.91 Å². The van der Waals surface area contributed by atoms with E-state index in [9.17, 15) is 4.79 Å². The van der Waals surface area contributed by atoms with E-state index in [0.717, 1.165) is 35.2 Å². The van der Waals surface area contributed by atoms with Gasteiger partial charge in [0.05, 0.1) is 0 Å². The Kier molecular flexibility index (Phi) is 7.17. The second kappa shape index (κ2) is 9.13. The van der Waals surface area contributed by atoms with E-state index < -0.39 is 0 Å². The molecule has 4 nitrogen and oxygen atoms in total. The van der Waals surface area contributed by atoms with Crippen molar-refractivity contribution in [1.82, 2.24) is 14.8 Å². The van der Waals surface area contributed by atoms with Gasteiger partial charge in [0.1, 0.15) is 0 Å². The van der Waals surface area contributed by atoms with E-state index in [1.54, 1.807) is 4.90 Å². The van der Waals surface area contributed by atoms with Crippen LogP contribution in [-0.4, -0.2) is 47.9 Å². The van der Waals surface area contributed by atoms with Crippen LogP contribution in [0.5, 0.6) is 0 Å². The molecule has 2 aromatic rings. The molecule has 24 heavy (non-hydrogen) atoms. The molecule has 0 bridgehead atoms. The highest BCUT2D eigenvalue weighted by molar-refractivity contribution is 14.1. The molecule has 0 N–H and O–H groups in total. The van der Waals surface area contributed by atoms with Crippen LogP contribution < -0.4 is 0 Å². The van der Waals surface area contributed by atoms with Gasteiger partial charge in [-0.25, -0.2) is 0 Å². The van der Waals surface area contributed by atoms with Crippen molar-refractivity contribution in [3.05, 3.63) is 63.0 Å². The summed E-state index contributed by atoms with van der Waals surface area (Å²) in [6.45, 7) is 4.66. The highest BCUT2D eigenvalue weighted by Crippen LogP contribution is 2.15. The molecule has 1 heterocycles. The zero-order valence-electron chi connectivity index (χ0n) is 14.5. The molecule has 1 aromatic heterocycles. The molecule has 0 atom stereocenters. The molecule has 1 aromatic carbocycles. The van der Waals surface area contributed by atoms with Crippen molar-refractivity contribution >= 4 is 28.5 Å². The second-order valence-electron chi connectivity index (χ2n) is 6.14. The second-order valence-corrected chi connectivity index (χ2v) is 7.30. The summed E-state index contributed by atoms with van der Waals surface area (Å²) in [7, 11) is 3.97. The maximum atomic E-state index is 12.5. The molecule has 128 valence electrons. The maximum absolute atomic E-state index is 12.5. The molecule has 0 spiro atoms. The van der Waals surface area contributed by atoms with E-state index in [2.05, 4.69) is 46.4 Å². The van der Waals surface area contributed by atoms with Gasteiger partial charge in [-0.05, 0) is 84.9 Å². The zero-order chi connectivity index (χ0) is 17.5. The van der Waals surface area contributed by atoms with Crippen LogP contribution in [0, 0.1) is 10.5 Å². The van der Waals surface area contributed by atoms with Gasteiger partial charge in [-0.3, -0.25) is 9.78 Å². The molecule has 0 aliphatic heterocycles. The first-order valence-electron chi connectivity index (χ1n) is 8.06. The molecule has 0 aliphatic carbocycles. The molecule has 5 heteroatoms. The summed E-state index contributed by atoms with van der Waals surface area (Å²) in [6, 6.07) is 9.94. The number of benzene rings is 1. The van der Waals surface area contributed by atoms with Gasteiger partial charge in [-0.15, -0.1) is 0 Å². The Morgan fingerprint density at radius 1 is 1.12 bits per heavy atom. The smallest absolute Gasteiger partial charge is 0.253 e. The van der Waals surface area contributed by atoms with Gasteiger partial charge >= 0.3 is 0 Å². The first-order chi connectivity index (χ1) is 11.5. The van der Waals surface area contributed by atoms with E-state index in [4.69, 9.17) is 0 Å². The molecule has 2 rings (SSSR count). The number of amides is 1. The zero-order valence-corrected chi connectivity index (χ0v) is 16.7. The lowest BCUT2D eigenvalue weighted by atomic mass is 10.1. The largest absolute Gasteiger partial charge is 0.342 e. The summed E-state index contributed by atoms with van der Waals surface area (Å²) in [5, 5.41) is 0. The predicted molar refractivity (Wildman–Crippen MR) is 106 cm³/mol. The summed E-state index contributed by atoms with van der Waals surface area (Å²) in [4.78, 5) is 20.6. The maximum Gasteiger partial charge on any atom is 0.253 e. The third kappa shape index (κ3) is 5.56. The Morgan fingerprint density at radius 3 is 2.50 bits per heavy atom. The fraction of sp³-hybridized carbons (Fsp3) is 0.368. The minimum absolute atomic E-state index is 0.0877. The number of hydrogen-bond donors (Lipinski definition) is 0. The quantitative estimate of drug-likeness (QED) is 0.622. The van der Waals surface area contributed by atoms with E-state index in [-0.39, 0.29) is 5.91 Å². The van der Waals surface area contributed by atoms with Crippen LogP contribution >= 0.6 is 22.6 Å². The van der Waals surface area contributed by atoms with Crippen molar-refractivity contribution in [2.75, 3.05) is 27.2 Å². The number of carbonyl (C=O) groups excluding carboxylic acids is 1. The normalized spacial score (nSPS) is 10.9. The topological polar surface area (TPSA) is 36.4 Å². The summed E-state index contributed by atoms with van der Waals surface area (Å²) < 4.78 is 1.13. The fourth-order valence-electron chi connectivity index (χ4n) is 2.50. The number of pyridine rings is 1. The molecule has 0 radical (unpaired) electrons. The van der Waals surface area contributed by atoms with Gasteiger partial charge in [0.15, 0.2) is 0 Å². The average Bonchev–Trinajstić information content (AvgIpc) is 2.57. The molecule has 0 saturated carbocycles. The Morgan fingerprint density at radius 2 is 1.83 bits per heavy atom. The van der Waals surface area contributed by atoms with Crippen LogP contribution in [-0.2, 0) is 6.54 Å². The highest BCUT2D eigenvalue weighted by atomic mass is 127. The molecule has 0 unspecified atom stereocenters. The summed E-state index contributed by atoms with van der Waals surface area (Å²) in [5.41, 5.74) is 3.22. The fourth-order valence-corrected chi connectivity index (χ4v) is 3.02. The van der Waals surface area contributed by atoms with Crippen LogP contribution in [0.1, 0.15) is 27.9 Å². The SMILES string of the molecule is Cc1ccc(C(=O)N(C)CCCN(C)Cc2ccncc2)cc1I. The summed E-state index contributed by atoms with van der Waals surface area (Å²) in [5.74, 6) is 0.0877. The number of aromatic nitrogens is 1. The van der Waals surface area contributed by atoms with Crippen LogP contribution in [0.15, 0.2) is 42.7 Å². The number of nitrogens with zero attached hydrogens (tertiary/aromatic N) is 3. The van der Waals surface area contributed by atoms with Crippen LogP contribution in [0.4, 0.5) is 0 Å². The number of hydrogen-bond acceptors (Lipinski definition) is 3. The number of rotatable bonds is 7. The van der Waals surface area contributed by atoms with E-state index in [1.165, 1.54) is 11.1 Å². The van der Waals surface area contributed by atoms with Gasteiger partial charge in [-0.2, -0.15) is 0 Å². The summed E-state index contributed by atoms with van der Waals surface area (Å²) in [6.07, 6.45) is 4.59. The van der Waals surface area contributed by atoms with Gasteiger partial charge in [0, 0.05) is 41.7 Å². The average molecular weight is 437 g/mol. The van der Waals surface area contributed by atoms with Crippen molar-refractivity contribution in [1.29, 1.82) is 0 Å². The van der Waals surface area contributed by atoms with Crippen LogP contribution in [0.3, 0.4) is 0 Å². The van der Waals surface area contributed by atoms with Gasteiger partial charge < -0.3 is 9.80 Å². The lowest BCUT2D eigenvalue weighted by Gasteiger charge is -2.21. The van der Waals surface area contributed by atoms with Crippen molar-refractivity contribution < 1.29 is 4.79 Å². The molecular formula is C19H24IN3O. The lowest BCUT2D eigenvalue weighted by Crippen LogP contribution is -2.30. The predicted octanol–water partition coefficient (Wildman–Crippen LogP) is 3.59. The van der Waals surface area contributed by atoms with Crippen LogP contribution in [0.2, 0.25) is 0 Å². The van der Waals surface area contributed by atoms with Crippen molar-refractivity contribution in [3.63, 3.8) is 0 Å². The molecule has 0 fully saturated rings. The minimum Gasteiger partial charge on any atom is -0.342 e.